The lowest BCUT2D eigenvalue weighted by atomic mass is 10.2. The first-order valence-corrected chi connectivity index (χ1v) is 10.1. The standard InChI is InChI=1S/C20H24NO2P/c22-20(23)13-15-21-14-7-8-17(21)16-24(18-9-3-1-4-10-18)19-11-5-2-6-12-19/h1-6,9-12,17H,7-8,13-16H2,(H,22,23)/t17-/m0/s1. The van der Waals surface area contributed by atoms with E-state index in [0.29, 0.717) is 12.6 Å². The molecule has 0 radical (unpaired) electrons. The van der Waals surface area contributed by atoms with Gasteiger partial charge in [0.05, 0.1) is 6.42 Å². The van der Waals surface area contributed by atoms with Crippen molar-refractivity contribution in [2.45, 2.75) is 25.3 Å². The predicted molar refractivity (Wildman–Crippen MR) is 101 cm³/mol. The van der Waals surface area contributed by atoms with Gasteiger partial charge in [0.2, 0.25) is 0 Å². The molecule has 0 aliphatic carbocycles. The van der Waals surface area contributed by atoms with Gasteiger partial charge in [0.1, 0.15) is 0 Å². The van der Waals surface area contributed by atoms with Crippen molar-refractivity contribution in [1.29, 1.82) is 0 Å². The summed E-state index contributed by atoms with van der Waals surface area (Å²) in [6.07, 6.45) is 3.71. The van der Waals surface area contributed by atoms with Crippen LogP contribution in [0.2, 0.25) is 0 Å². The molecule has 1 atom stereocenters. The van der Waals surface area contributed by atoms with Crippen LogP contribution < -0.4 is 10.6 Å². The van der Waals surface area contributed by atoms with Crippen LogP contribution in [0.5, 0.6) is 0 Å². The minimum absolute atomic E-state index is 0.241. The summed E-state index contributed by atoms with van der Waals surface area (Å²) in [5.41, 5.74) is 0. The fraction of sp³-hybridized carbons (Fsp3) is 0.350. The summed E-state index contributed by atoms with van der Waals surface area (Å²) < 4.78 is 0. The predicted octanol–water partition coefficient (Wildman–Crippen LogP) is 3.06. The van der Waals surface area contributed by atoms with Crippen molar-refractivity contribution >= 4 is 24.5 Å². The third kappa shape index (κ3) is 4.43. The minimum Gasteiger partial charge on any atom is -0.481 e. The van der Waals surface area contributed by atoms with Crippen molar-refractivity contribution in [3.63, 3.8) is 0 Å². The lowest BCUT2D eigenvalue weighted by Crippen LogP contribution is -2.35. The Bertz CT molecular complexity index is 608. The van der Waals surface area contributed by atoms with Gasteiger partial charge < -0.3 is 5.11 Å². The van der Waals surface area contributed by atoms with Crippen molar-refractivity contribution in [3.8, 4) is 0 Å². The Kier molecular flexibility index (Phi) is 6.01. The van der Waals surface area contributed by atoms with Crippen LogP contribution in [0.3, 0.4) is 0 Å². The highest BCUT2D eigenvalue weighted by molar-refractivity contribution is 7.73. The van der Waals surface area contributed by atoms with Crippen LogP contribution in [0.4, 0.5) is 0 Å². The van der Waals surface area contributed by atoms with Gasteiger partial charge in [-0.15, -0.1) is 0 Å². The molecule has 0 saturated carbocycles. The minimum atomic E-state index is -0.700. The molecule has 24 heavy (non-hydrogen) atoms. The van der Waals surface area contributed by atoms with E-state index >= 15 is 0 Å². The Balaban J connectivity index is 1.78. The first kappa shape index (κ1) is 17.1. The van der Waals surface area contributed by atoms with E-state index in [1.807, 2.05) is 0 Å². The number of hydrogen-bond acceptors (Lipinski definition) is 2. The normalized spacial score (nSPS) is 18.1. The molecule has 0 spiro atoms. The molecule has 1 aliphatic rings. The van der Waals surface area contributed by atoms with Gasteiger partial charge in [-0.2, -0.15) is 0 Å². The lowest BCUT2D eigenvalue weighted by molar-refractivity contribution is -0.137. The van der Waals surface area contributed by atoms with Crippen molar-refractivity contribution in [3.05, 3.63) is 60.7 Å². The van der Waals surface area contributed by atoms with E-state index in [0.717, 1.165) is 12.7 Å². The van der Waals surface area contributed by atoms with Crippen LogP contribution in [-0.4, -0.2) is 41.3 Å². The van der Waals surface area contributed by atoms with Crippen molar-refractivity contribution in [1.82, 2.24) is 4.90 Å². The quantitative estimate of drug-likeness (QED) is 0.787. The van der Waals surface area contributed by atoms with E-state index < -0.39 is 13.9 Å². The monoisotopic (exact) mass is 341 g/mol. The topological polar surface area (TPSA) is 40.5 Å². The van der Waals surface area contributed by atoms with E-state index in [4.69, 9.17) is 5.11 Å². The molecule has 2 aromatic carbocycles. The van der Waals surface area contributed by atoms with Crippen LogP contribution in [0.15, 0.2) is 60.7 Å². The van der Waals surface area contributed by atoms with Crippen molar-refractivity contribution < 1.29 is 9.90 Å². The van der Waals surface area contributed by atoms with Gasteiger partial charge >= 0.3 is 5.97 Å². The van der Waals surface area contributed by atoms with Crippen LogP contribution in [0, 0.1) is 0 Å². The smallest absolute Gasteiger partial charge is 0.304 e. The molecule has 0 unspecified atom stereocenters. The number of carbonyl (C=O) groups is 1. The molecular formula is C20H24NO2P. The highest BCUT2D eigenvalue weighted by atomic mass is 31.1. The first-order chi connectivity index (χ1) is 11.7. The maximum Gasteiger partial charge on any atom is 0.304 e. The average molecular weight is 341 g/mol. The van der Waals surface area contributed by atoms with E-state index in [2.05, 4.69) is 65.6 Å². The molecule has 0 aromatic heterocycles. The fourth-order valence-corrected chi connectivity index (χ4v) is 6.04. The molecule has 1 N–H and O–H groups in total. The molecule has 126 valence electrons. The van der Waals surface area contributed by atoms with E-state index in [1.54, 1.807) is 0 Å². The zero-order valence-electron chi connectivity index (χ0n) is 13.8. The number of carboxylic acids is 1. The number of likely N-dealkylation sites (tertiary alicyclic amines) is 1. The molecule has 1 fully saturated rings. The van der Waals surface area contributed by atoms with Crippen molar-refractivity contribution in [2.75, 3.05) is 19.3 Å². The zero-order chi connectivity index (χ0) is 16.8. The molecule has 0 bridgehead atoms. The number of aliphatic carboxylic acids is 1. The van der Waals surface area contributed by atoms with Crippen LogP contribution >= 0.6 is 7.92 Å². The van der Waals surface area contributed by atoms with Gasteiger partial charge in [-0.3, -0.25) is 9.69 Å². The van der Waals surface area contributed by atoms with E-state index in [-0.39, 0.29) is 6.42 Å². The van der Waals surface area contributed by atoms with Gasteiger partial charge in [-0.05, 0) is 44.1 Å². The maximum absolute atomic E-state index is 10.9. The largest absolute Gasteiger partial charge is 0.481 e. The zero-order valence-corrected chi connectivity index (χ0v) is 14.7. The number of rotatable bonds is 7. The summed E-state index contributed by atoms with van der Waals surface area (Å²) >= 11 is 0. The Hall–Kier alpha value is -1.70. The Morgan fingerprint density at radius 2 is 1.62 bits per heavy atom. The average Bonchev–Trinajstić information content (AvgIpc) is 3.06. The Labute approximate surface area is 145 Å². The summed E-state index contributed by atoms with van der Waals surface area (Å²) in [6.45, 7) is 1.71. The van der Waals surface area contributed by atoms with Gasteiger partial charge in [-0.1, -0.05) is 60.7 Å². The number of nitrogens with zero attached hydrogens (tertiary/aromatic N) is 1. The molecular weight excluding hydrogens is 317 g/mol. The first-order valence-electron chi connectivity index (χ1n) is 8.57. The van der Waals surface area contributed by atoms with Crippen LogP contribution in [-0.2, 0) is 4.79 Å². The second-order valence-electron chi connectivity index (χ2n) is 6.26. The Morgan fingerprint density at radius 3 is 2.17 bits per heavy atom. The third-order valence-electron chi connectivity index (χ3n) is 4.64. The summed E-state index contributed by atoms with van der Waals surface area (Å²) in [4.78, 5) is 13.3. The van der Waals surface area contributed by atoms with Crippen molar-refractivity contribution in [2.24, 2.45) is 0 Å². The fourth-order valence-electron chi connectivity index (χ4n) is 3.42. The highest BCUT2D eigenvalue weighted by Crippen LogP contribution is 2.37. The number of carboxylic acid groups (broad SMARTS) is 1. The van der Waals surface area contributed by atoms with Gasteiger partial charge in [-0.25, -0.2) is 0 Å². The van der Waals surface area contributed by atoms with Gasteiger partial charge in [0, 0.05) is 12.6 Å². The number of benzene rings is 2. The van der Waals surface area contributed by atoms with E-state index in [1.165, 1.54) is 23.5 Å². The highest BCUT2D eigenvalue weighted by Gasteiger charge is 2.28. The van der Waals surface area contributed by atoms with Gasteiger partial charge in [0.15, 0.2) is 0 Å². The molecule has 3 rings (SSSR count). The van der Waals surface area contributed by atoms with E-state index in [9.17, 15) is 4.79 Å². The summed E-state index contributed by atoms with van der Waals surface area (Å²) in [5, 5.41) is 11.8. The molecule has 2 aromatic rings. The summed E-state index contributed by atoms with van der Waals surface area (Å²) in [6, 6.07) is 22.0. The molecule has 1 saturated heterocycles. The maximum atomic E-state index is 10.9. The summed E-state index contributed by atoms with van der Waals surface area (Å²) in [7, 11) is -0.404. The molecule has 1 aliphatic heterocycles. The molecule has 0 amide bonds. The molecule has 4 heteroatoms. The summed E-state index contributed by atoms with van der Waals surface area (Å²) in [5.74, 6) is -0.700. The van der Waals surface area contributed by atoms with Crippen LogP contribution in [0.25, 0.3) is 0 Å². The third-order valence-corrected chi connectivity index (χ3v) is 7.27. The molecule has 1 heterocycles. The van der Waals surface area contributed by atoms with Crippen LogP contribution in [0.1, 0.15) is 19.3 Å². The second-order valence-corrected chi connectivity index (χ2v) is 8.51. The van der Waals surface area contributed by atoms with Gasteiger partial charge in [0.25, 0.3) is 0 Å². The molecule has 3 nitrogen and oxygen atoms in total. The SMILES string of the molecule is O=C(O)CCN1CCC[C@H]1CP(c1ccccc1)c1ccccc1. The number of hydrogen-bond donors (Lipinski definition) is 1. The lowest BCUT2D eigenvalue weighted by Gasteiger charge is -2.28. The Morgan fingerprint density at radius 1 is 1.04 bits per heavy atom. The second kappa shape index (κ2) is 8.41.